The predicted molar refractivity (Wildman–Crippen MR) is 145 cm³/mol. The molecule has 194 valence electrons. The van der Waals surface area contributed by atoms with E-state index in [0.29, 0.717) is 25.9 Å². The number of carbonyl (C=O) groups is 3. The van der Waals surface area contributed by atoms with Crippen LogP contribution in [0.2, 0.25) is 0 Å². The molecule has 36 heavy (non-hydrogen) atoms. The van der Waals surface area contributed by atoms with Gasteiger partial charge in [0.1, 0.15) is 5.54 Å². The minimum atomic E-state index is -0.819. The van der Waals surface area contributed by atoms with Crippen molar-refractivity contribution in [2.75, 3.05) is 33.7 Å². The molecule has 0 radical (unpaired) electrons. The fourth-order valence-corrected chi connectivity index (χ4v) is 4.95. The number of nitrogens with zero attached hydrogens (tertiary/aromatic N) is 3. The fraction of sp³-hybridized carbons (Fsp3) is 0.423. The maximum Gasteiger partial charge on any atom is 0.325 e. The number of likely N-dealkylation sites (tertiary alicyclic amines) is 1. The van der Waals surface area contributed by atoms with Crippen LogP contribution in [-0.2, 0) is 11.3 Å². The van der Waals surface area contributed by atoms with Gasteiger partial charge in [0.15, 0.2) is 0 Å². The minimum absolute atomic E-state index is 0. The monoisotopic (exact) mass is 577 g/mol. The van der Waals surface area contributed by atoms with Crippen molar-refractivity contribution >= 4 is 46.3 Å². The number of rotatable bonds is 7. The van der Waals surface area contributed by atoms with Crippen molar-refractivity contribution in [1.82, 2.24) is 25.3 Å². The van der Waals surface area contributed by atoms with Crippen molar-refractivity contribution in [2.24, 2.45) is 0 Å². The number of piperidine rings is 1. The number of halogens is 2. The highest BCUT2D eigenvalue weighted by Gasteiger charge is 2.52. The van der Waals surface area contributed by atoms with Crippen LogP contribution in [0.25, 0.3) is 0 Å². The molecule has 0 aromatic heterocycles. The van der Waals surface area contributed by atoms with Crippen LogP contribution in [0.1, 0.15) is 36.4 Å². The van der Waals surface area contributed by atoms with Crippen LogP contribution in [0.5, 0.6) is 0 Å². The van der Waals surface area contributed by atoms with E-state index < -0.39 is 5.54 Å². The molecule has 0 unspecified atom stereocenters. The first kappa shape index (κ1) is 28.0. The summed E-state index contributed by atoms with van der Waals surface area (Å²) in [7, 11) is 3.46. The van der Waals surface area contributed by atoms with E-state index in [4.69, 9.17) is 0 Å². The molecule has 1 atom stereocenters. The number of benzene rings is 2. The van der Waals surface area contributed by atoms with E-state index in [1.54, 1.807) is 14.1 Å². The lowest BCUT2D eigenvalue weighted by Crippen LogP contribution is -2.55. The van der Waals surface area contributed by atoms with E-state index in [0.717, 1.165) is 28.6 Å². The lowest BCUT2D eigenvalue weighted by molar-refractivity contribution is -0.133. The lowest BCUT2D eigenvalue weighted by Gasteiger charge is -2.38. The second kappa shape index (κ2) is 12.1. The summed E-state index contributed by atoms with van der Waals surface area (Å²) < 4.78 is 0.957. The Kier molecular flexibility index (Phi) is 9.38. The zero-order chi connectivity index (χ0) is 25.0. The fourth-order valence-electron chi connectivity index (χ4n) is 4.69. The molecule has 0 saturated carbocycles. The smallest absolute Gasteiger partial charge is 0.325 e. The van der Waals surface area contributed by atoms with E-state index in [-0.39, 0.29) is 43.0 Å². The molecule has 0 aliphatic carbocycles. The van der Waals surface area contributed by atoms with Crippen molar-refractivity contribution in [3.63, 3.8) is 0 Å². The van der Waals surface area contributed by atoms with Crippen molar-refractivity contribution in [1.29, 1.82) is 0 Å². The number of amides is 5. The summed E-state index contributed by atoms with van der Waals surface area (Å²) in [6, 6.07) is 17.1. The van der Waals surface area contributed by atoms with E-state index in [1.807, 2.05) is 54.6 Å². The van der Waals surface area contributed by atoms with Gasteiger partial charge in [-0.25, -0.2) is 9.59 Å². The normalized spacial score (nSPS) is 17.9. The van der Waals surface area contributed by atoms with Crippen LogP contribution in [0.4, 0.5) is 9.59 Å². The molecular formula is C26H33BrClN5O3. The molecule has 8 nitrogen and oxygen atoms in total. The molecule has 2 aromatic rings. The largest absolute Gasteiger partial charge is 0.331 e. The summed E-state index contributed by atoms with van der Waals surface area (Å²) in [4.78, 5) is 43.4. The molecule has 2 aliphatic rings. The van der Waals surface area contributed by atoms with Crippen molar-refractivity contribution in [2.45, 2.75) is 37.4 Å². The Labute approximate surface area is 226 Å². The summed E-state index contributed by atoms with van der Waals surface area (Å²) in [5.74, 6) is -0.134. The van der Waals surface area contributed by atoms with Crippen molar-refractivity contribution < 1.29 is 14.4 Å². The highest BCUT2D eigenvalue weighted by atomic mass is 79.9. The zero-order valence-corrected chi connectivity index (χ0v) is 23.0. The molecule has 2 fully saturated rings. The molecular weight excluding hydrogens is 546 g/mol. The first-order valence-corrected chi connectivity index (χ1v) is 12.7. The number of hydrogen-bond donors (Lipinski definition) is 2. The third kappa shape index (κ3) is 6.38. The van der Waals surface area contributed by atoms with Gasteiger partial charge in [-0.05, 0) is 42.5 Å². The van der Waals surface area contributed by atoms with E-state index in [1.165, 1.54) is 9.80 Å². The highest BCUT2D eigenvalue weighted by Crippen LogP contribution is 2.31. The summed E-state index contributed by atoms with van der Waals surface area (Å²) in [5, 5.41) is 6.10. The average Bonchev–Trinajstić information content (AvgIpc) is 3.08. The third-order valence-corrected chi connectivity index (χ3v) is 7.38. The standard InChI is InChI=1S/C26H32BrN5O3.ClH/c1-30(2)24(34)28-22(20-6-4-3-5-7-20)12-15-31-16-13-26(14-17-31)23(33)32(25(35)29-26)18-19-8-10-21(27)11-9-19;/h3-11,22H,12-18H2,1-2H3,(H,28,34)(H,29,35);1H/t22-;/m0./s1. The van der Waals surface area contributed by atoms with Crippen LogP contribution in [0.3, 0.4) is 0 Å². The summed E-state index contributed by atoms with van der Waals surface area (Å²) in [6.45, 7) is 2.48. The minimum Gasteiger partial charge on any atom is -0.331 e. The molecule has 2 N–H and O–H groups in total. The number of hydrogen-bond acceptors (Lipinski definition) is 4. The second-order valence-electron chi connectivity index (χ2n) is 9.47. The van der Waals surface area contributed by atoms with Gasteiger partial charge in [0.05, 0.1) is 12.6 Å². The van der Waals surface area contributed by atoms with Crippen LogP contribution >= 0.6 is 28.3 Å². The number of urea groups is 2. The Hall–Kier alpha value is -2.62. The summed E-state index contributed by atoms with van der Waals surface area (Å²) in [5.41, 5.74) is 1.16. The van der Waals surface area contributed by atoms with Gasteiger partial charge >= 0.3 is 12.1 Å². The van der Waals surface area contributed by atoms with E-state index in [2.05, 4.69) is 31.5 Å². The van der Waals surface area contributed by atoms with Gasteiger partial charge in [-0.15, -0.1) is 12.4 Å². The number of carbonyl (C=O) groups excluding carboxylic acids is 3. The molecule has 2 aromatic carbocycles. The topological polar surface area (TPSA) is 85.0 Å². The Morgan fingerprint density at radius 2 is 1.72 bits per heavy atom. The maximum atomic E-state index is 13.3. The van der Waals surface area contributed by atoms with Gasteiger partial charge in [-0.1, -0.05) is 58.4 Å². The van der Waals surface area contributed by atoms with Gasteiger partial charge in [0.25, 0.3) is 5.91 Å². The SMILES string of the molecule is CN(C)C(=O)N[C@@H](CCN1CCC2(CC1)NC(=O)N(Cc1ccc(Br)cc1)C2=O)c1ccccc1.Cl. The van der Waals surface area contributed by atoms with Crippen molar-refractivity contribution in [3.05, 3.63) is 70.2 Å². The lowest BCUT2D eigenvalue weighted by atomic mass is 9.87. The Bertz CT molecular complexity index is 1060. The Morgan fingerprint density at radius 3 is 2.33 bits per heavy atom. The average molecular weight is 579 g/mol. The third-order valence-electron chi connectivity index (χ3n) is 6.85. The van der Waals surface area contributed by atoms with Crippen LogP contribution < -0.4 is 10.6 Å². The van der Waals surface area contributed by atoms with Gasteiger partial charge in [-0.3, -0.25) is 9.69 Å². The molecule has 2 aliphatic heterocycles. The molecule has 2 heterocycles. The van der Waals surface area contributed by atoms with Crippen molar-refractivity contribution in [3.8, 4) is 0 Å². The Morgan fingerprint density at radius 1 is 1.08 bits per heavy atom. The molecule has 10 heteroatoms. The predicted octanol–water partition coefficient (Wildman–Crippen LogP) is 4.16. The first-order chi connectivity index (χ1) is 16.8. The number of imide groups is 1. The zero-order valence-electron chi connectivity index (χ0n) is 20.6. The van der Waals surface area contributed by atoms with Gasteiger partial charge in [0.2, 0.25) is 0 Å². The molecule has 2 saturated heterocycles. The number of nitrogens with one attached hydrogen (secondary N) is 2. The summed E-state index contributed by atoms with van der Waals surface area (Å²) >= 11 is 3.41. The van der Waals surface area contributed by atoms with Gasteiger partial charge < -0.3 is 20.4 Å². The Balaban J connectivity index is 0.00000361. The molecule has 5 amide bonds. The quantitative estimate of drug-likeness (QED) is 0.483. The molecule has 1 spiro atoms. The maximum absolute atomic E-state index is 13.3. The van der Waals surface area contributed by atoms with Gasteiger partial charge in [-0.2, -0.15) is 0 Å². The van der Waals surface area contributed by atoms with Gasteiger partial charge in [0, 0.05) is 38.2 Å². The van der Waals surface area contributed by atoms with Crippen LogP contribution in [-0.4, -0.2) is 71.9 Å². The van der Waals surface area contributed by atoms with Crippen LogP contribution in [0, 0.1) is 0 Å². The van der Waals surface area contributed by atoms with Crippen LogP contribution in [0.15, 0.2) is 59.1 Å². The molecule has 0 bridgehead atoms. The highest BCUT2D eigenvalue weighted by molar-refractivity contribution is 9.10. The first-order valence-electron chi connectivity index (χ1n) is 11.9. The van der Waals surface area contributed by atoms with E-state index in [9.17, 15) is 14.4 Å². The summed E-state index contributed by atoms with van der Waals surface area (Å²) in [6.07, 6.45) is 1.91. The second-order valence-corrected chi connectivity index (χ2v) is 10.4. The molecule has 4 rings (SSSR count). The van der Waals surface area contributed by atoms with E-state index >= 15 is 0 Å².